The summed E-state index contributed by atoms with van der Waals surface area (Å²) in [5.74, 6) is -0.967. The number of Topliss-reactive ketones (excluding diaryl/α,β-unsaturated/α-hetero) is 1. The molecule has 0 spiro atoms. The number of hydrogen-bond donors (Lipinski definition) is 1. The highest BCUT2D eigenvalue weighted by Gasteiger charge is 2.45. The number of aryl methyl sites for hydroxylation is 1. The fourth-order valence-electron chi connectivity index (χ4n) is 3.47. The maximum absolute atomic E-state index is 12.9. The average molecular weight is 416 g/mol. The molecule has 0 aromatic heterocycles. The molecule has 2 aromatic rings. The van der Waals surface area contributed by atoms with Gasteiger partial charge in [-0.3, -0.25) is 9.59 Å². The number of amides is 1. The van der Waals surface area contributed by atoms with E-state index >= 15 is 0 Å². The number of nitrogens with zero attached hydrogens (tertiary/aromatic N) is 1. The molecule has 152 valence electrons. The number of ether oxygens (including phenoxy) is 2. The molecule has 1 fully saturated rings. The lowest BCUT2D eigenvalue weighted by atomic mass is 9.95. The van der Waals surface area contributed by atoms with Gasteiger partial charge in [-0.05, 0) is 48.4 Å². The molecule has 6 nitrogen and oxygen atoms in total. The van der Waals surface area contributed by atoms with Gasteiger partial charge in [0.15, 0.2) is 0 Å². The minimum absolute atomic E-state index is 0.0398. The summed E-state index contributed by atoms with van der Waals surface area (Å²) in [6, 6.07) is 11.2. The lowest BCUT2D eigenvalue weighted by molar-refractivity contribution is -0.140. The van der Waals surface area contributed by atoms with E-state index < -0.39 is 17.7 Å². The maximum atomic E-state index is 12.9. The number of aliphatic hydroxyl groups excluding tert-OH is 1. The summed E-state index contributed by atoms with van der Waals surface area (Å²) < 4.78 is 10.3. The fourth-order valence-corrected chi connectivity index (χ4v) is 3.60. The monoisotopic (exact) mass is 415 g/mol. The van der Waals surface area contributed by atoms with Crippen LogP contribution in [-0.2, 0) is 14.3 Å². The zero-order valence-corrected chi connectivity index (χ0v) is 17.2. The first-order chi connectivity index (χ1) is 13.9. The van der Waals surface area contributed by atoms with Crippen LogP contribution in [0.15, 0.2) is 48.0 Å². The quantitative estimate of drug-likeness (QED) is 0.442. The van der Waals surface area contributed by atoms with Crippen LogP contribution in [-0.4, -0.2) is 49.1 Å². The number of rotatable bonds is 6. The zero-order valence-electron chi connectivity index (χ0n) is 16.4. The van der Waals surface area contributed by atoms with Crippen molar-refractivity contribution in [2.45, 2.75) is 13.0 Å². The predicted octanol–water partition coefficient (Wildman–Crippen LogP) is 3.73. The Balaban J connectivity index is 2.15. The Kier molecular flexibility index (Phi) is 6.25. The fraction of sp³-hybridized carbons (Fsp3) is 0.273. The van der Waals surface area contributed by atoms with Gasteiger partial charge < -0.3 is 19.5 Å². The van der Waals surface area contributed by atoms with Crippen molar-refractivity contribution in [1.82, 2.24) is 4.90 Å². The molecule has 1 aliphatic heterocycles. The van der Waals surface area contributed by atoms with Crippen LogP contribution in [0.2, 0.25) is 5.02 Å². The molecule has 1 amide bonds. The third kappa shape index (κ3) is 3.99. The van der Waals surface area contributed by atoms with E-state index in [2.05, 4.69) is 0 Å². The summed E-state index contributed by atoms with van der Waals surface area (Å²) in [5, 5.41) is 11.5. The molecule has 29 heavy (non-hydrogen) atoms. The molecule has 1 N–H and O–H groups in total. The standard InChI is InChI=1S/C22H22ClNO5/c1-13-12-15(6-9-17(13)29-3)20(25)18-19(14-4-7-16(23)8-5-14)24(10-11-28-2)22(27)21(18)26/h4-9,12,19,25H,10-11H2,1-3H3/b20-18+/t19-/m0/s1. The SMILES string of the molecule is COCCN1C(=O)C(=O)/C(=C(/O)c2ccc(OC)c(C)c2)[C@@H]1c1ccc(Cl)cc1. The van der Waals surface area contributed by atoms with Crippen LogP contribution in [0, 0.1) is 6.92 Å². The van der Waals surface area contributed by atoms with Gasteiger partial charge in [-0.1, -0.05) is 23.7 Å². The minimum Gasteiger partial charge on any atom is -0.507 e. The predicted molar refractivity (Wildman–Crippen MR) is 110 cm³/mol. The van der Waals surface area contributed by atoms with Crippen molar-refractivity contribution in [2.75, 3.05) is 27.4 Å². The van der Waals surface area contributed by atoms with E-state index in [9.17, 15) is 14.7 Å². The molecule has 2 aromatic carbocycles. The van der Waals surface area contributed by atoms with Crippen LogP contribution in [0.25, 0.3) is 5.76 Å². The van der Waals surface area contributed by atoms with Crippen LogP contribution in [0.3, 0.4) is 0 Å². The molecule has 0 bridgehead atoms. The van der Waals surface area contributed by atoms with Gasteiger partial charge in [0.05, 0.1) is 25.3 Å². The van der Waals surface area contributed by atoms with Gasteiger partial charge in [-0.15, -0.1) is 0 Å². The molecule has 7 heteroatoms. The van der Waals surface area contributed by atoms with Crippen LogP contribution < -0.4 is 4.74 Å². The number of hydrogen-bond acceptors (Lipinski definition) is 5. The maximum Gasteiger partial charge on any atom is 0.295 e. The highest BCUT2D eigenvalue weighted by atomic mass is 35.5. The molecule has 3 rings (SSSR count). The second kappa shape index (κ2) is 8.68. The lowest BCUT2D eigenvalue weighted by Gasteiger charge is -2.25. The molecule has 1 atom stereocenters. The third-order valence-electron chi connectivity index (χ3n) is 4.93. The number of methoxy groups -OCH3 is 2. The minimum atomic E-state index is -0.732. The van der Waals surface area contributed by atoms with Crippen molar-refractivity contribution >= 4 is 29.1 Å². The third-order valence-corrected chi connectivity index (χ3v) is 5.18. The Morgan fingerprint density at radius 2 is 1.83 bits per heavy atom. The first-order valence-corrected chi connectivity index (χ1v) is 9.44. The largest absolute Gasteiger partial charge is 0.507 e. The van der Waals surface area contributed by atoms with Crippen LogP contribution in [0.4, 0.5) is 0 Å². The van der Waals surface area contributed by atoms with Gasteiger partial charge in [-0.2, -0.15) is 0 Å². The summed E-state index contributed by atoms with van der Waals surface area (Å²) in [7, 11) is 3.08. The van der Waals surface area contributed by atoms with Crippen molar-refractivity contribution in [1.29, 1.82) is 0 Å². The number of carbonyl (C=O) groups excluding carboxylic acids is 2. The first kappa shape index (κ1) is 20.9. The molecule has 0 unspecified atom stereocenters. The molecule has 1 heterocycles. The summed E-state index contributed by atoms with van der Waals surface area (Å²) in [6.07, 6.45) is 0. The van der Waals surface area contributed by atoms with Crippen LogP contribution in [0.1, 0.15) is 22.7 Å². The van der Waals surface area contributed by atoms with E-state index in [1.54, 1.807) is 49.6 Å². The van der Waals surface area contributed by atoms with E-state index in [1.807, 2.05) is 6.92 Å². The Morgan fingerprint density at radius 1 is 1.14 bits per heavy atom. The number of likely N-dealkylation sites (tertiary alicyclic amines) is 1. The second-order valence-corrected chi connectivity index (χ2v) is 7.16. The van der Waals surface area contributed by atoms with Gasteiger partial charge >= 0.3 is 0 Å². The lowest BCUT2D eigenvalue weighted by Crippen LogP contribution is -2.32. The topological polar surface area (TPSA) is 76.1 Å². The molecule has 0 saturated carbocycles. The van der Waals surface area contributed by atoms with Gasteiger partial charge in [0, 0.05) is 24.2 Å². The summed E-state index contributed by atoms with van der Waals surface area (Å²) in [6.45, 7) is 2.31. The Bertz CT molecular complexity index is 968. The van der Waals surface area contributed by atoms with E-state index in [4.69, 9.17) is 21.1 Å². The van der Waals surface area contributed by atoms with Crippen molar-refractivity contribution in [3.63, 3.8) is 0 Å². The van der Waals surface area contributed by atoms with Crippen molar-refractivity contribution in [2.24, 2.45) is 0 Å². The van der Waals surface area contributed by atoms with E-state index in [0.29, 0.717) is 21.9 Å². The van der Waals surface area contributed by atoms with E-state index in [1.165, 1.54) is 12.0 Å². The zero-order chi connectivity index (χ0) is 21.1. The number of halogens is 1. The van der Waals surface area contributed by atoms with Crippen molar-refractivity contribution < 1.29 is 24.2 Å². The first-order valence-electron chi connectivity index (χ1n) is 9.06. The van der Waals surface area contributed by atoms with E-state index in [0.717, 1.165) is 5.56 Å². The number of benzene rings is 2. The molecule has 0 radical (unpaired) electrons. The number of ketones is 1. The smallest absolute Gasteiger partial charge is 0.295 e. The number of carbonyl (C=O) groups is 2. The van der Waals surface area contributed by atoms with Crippen LogP contribution in [0.5, 0.6) is 5.75 Å². The highest BCUT2D eigenvalue weighted by molar-refractivity contribution is 6.46. The van der Waals surface area contributed by atoms with Crippen molar-refractivity contribution in [3.8, 4) is 5.75 Å². The molecule has 1 saturated heterocycles. The number of aliphatic hydroxyl groups is 1. The normalized spacial score (nSPS) is 18.3. The average Bonchev–Trinajstić information content (AvgIpc) is 2.96. The summed E-state index contributed by atoms with van der Waals surface area (Å²) in [5.41, 5.74) is 1.95. The van der Waals surface area contributed by atoms with Crippen molar-refractivity contribution in [3.05, 3.63) is 69.8 Å². The molecule has 1 aliphatic rings. The van der Waals surface area contributed by atoms with Crippen LogP contribution >= 0.6 is 11.6 Å². The van der Waals surface area contributed by atoms with Gasteiger partial charge in [-0.25, -0.2) is 0 Å². The highest BCUT2D eigenvalue weighted by Crippen LogP contribution is 2.39. The van der Waals surface area contributed by atoms with Gasteiger partial charge in [0.1, 0.15) is 11.5 Å². The van der Waals surface area contributed by atoms with Gasteiger partial charge in [0.25, 0.3) is 11.7 Å². The van der Waals surface area contributed by atoms with Gasteiger partial charge in [0.2, 0.25) is 0 Å². The van der Waals surface area contributed by atoms with E-state index in [-0.39, 0.29) is 24.5 Å². The Labute approximate surface area is 174 Å². The summed E-state index contributed by atoms with van der Waals surface area (Å²) >= 11 is 6.00. The summed E-state index contributed by atoms with van der Waals surface area (Å²) in [4.78, 5) is 27.0. The molecular weight excluding hydrogens is 394 g/mol. The Morgan fingerprint density at radius 3 is 2.41 bits per heavy atom. The molecule has 0 aliphatic carbocycles. The second-order valence-electron chi connectivity index (χ2n) is 6.72. The Hall–Kier alpha value is -2.83. The molecular formula is C22H22ClNO5.